The molecule has 0 aliphatic heterocycles. The molecule has 1 aromatic heterocycles. The summed E-state index contributed by atoms with van der Waals surface area (Å²) in [7, 11) is 1.94. The number of guanidine groups is 1. The van der Waals surface area contributed by atoms with Crippen LogP contribution in [0.2, 0.25) is 0 Å². The van der Waals surface area contributed by atoms with Crippen LogP contribution < -0.4 is 10.6 Å². The molecule has 0 aliphatic rings. The van der Waals surface area contributed by atoms with Crippen molar-refractivity contribution in [3.05, 3.63) is 42.1 Å². The van der Waals surface area contributed by atoms with E-state index in [0.29, 0.717) is 6.54 Å². The van der Waals surface area contributed by atoms with Crippen molar-refractivity contribution in [1.29, 1.82) is 0 Å². The normalized spacial score (nSPS) is 10.2. The summed E-state index contributed by atoms with van der Waals surface area (Å²) in [6.07, 6.45) is 2.03. The van der Waals surface area contributed by atoms with Crippen molar-refractivity contribution in [2.45, 2.75) is 20.4 Å². The highest BCUT2D eigenvalue weighted by Gasteiger charge is 2.09. The molecule has 2 N–H and O–H groups in total. The molecule has 0 saturated carbocycles. The molecule has 1 aromatic carbocycles. The molecule has 0 bridgehead atoms. The van der Waals surface area contributed by atoms with Crippen LogP contribution in [0.3, 0.4) is 0 Å². The first-order chi connectivity index (χ1) is 10.2. The first-order valence-electron chi connectivity index (χ1n) is 7.34. The molecule has 0 saturated heterocycles. The summed E-state index contributed by atoms with van der Waals surface area (Å²) in [5.74, 6) is 0.836. The Bertz CT molecular complexity index is 578. The lowest BCUT2D eigenvalue weighted by Gasteiger charge is -2.09. The molecule has 5 heteroatoms. The third-order valence-corrected chi connectivity index (χ3v) is 3.05. The Morgan fingerprint density at radius 3 is 2.43 bits per heavy atom. The Morgan fingerprint density at radius 1 is 1.14 bits per heavy atom. The maximum absolute atomic E-state index is 4.61. The van der Waals surface area contributed by atoms with E-state index < -0.39 is 0 Å². The molecule has 5 nitrogen and oxygen atoms in total. The summed E-state index contributed by atoms with van der Waals surface area (Å²) < 4.78 is 1.84. The number of aryl methyl sites for hydroxylation is 1. The molecule has 21 heavy (non-hydrogen) atoms. The first kappa shape index (κ1) is 15.1. The second kappa shape index (κ2) is 7.47. The van der Waals surface area contributed by atoms with E-state index in [9.17, 15) is 0 Å². The number of rotatable bonds is 5. The lowest BCUT2D eigenvalue weighted by Crippen LogP contribution is -2.36. The van der Waals surface area contributed by atoms with Gasteiger partial charge in [0.2, 0.25) is 0 Å². The summed E-state index contributed by atoms with van der Waals surface area (Å²) in [6, 6.07) is 10.2. The van der Waals surface area contributed by atoms with Gasteiger partial charge in [-0.25, -0.2) is 4.99 Å². The maximum Gasteiger partial charge on any atom is 0.191 e. The van der Waals surface area contributed by atoms with Gasteiger partial charge in [0.25, 0.3) is 0 Å². The Labute approximate surface area is 126 Å². The summed E-state index contributed by atoms with van der Waals surface area (Å²) in [6.45, 7) is 6.43. The van der Waals surface area contributed by atoms with E-state index in [1.807, 2.05) is 36.1 Å². The van der Waals surface area contributed by atoms with E-state index in [2.05, 4.69) is 46.7 Å². The summed E-state index contributed by atoms with van der Waals surface area (Å²) in [5.41, 5.74) is 3.24. The van der Waals surface area contributed by atoms with Crippen LogP contribution >= 0.6 is 0 Å². The summed E-state index contributed by atoms with van der Waals surface area (Å²) in [5, 5.41) is 11.0. The van der Waals surface area contributed by atoms with Crippen molar-refractivity contribution in [2.24, 2.45) is 12.0 Å². The molecule has 0 unspecified atom stereocenters. The van der Waals surface area contributed by atoms with Crippen molar-refractivity contribution in [3.8, 4) is 11.3 Å². The minimum atomic E-state index is 0.605. The minimum absolute atomic E-state index is 0.605. The van der Waals surface area contributed by atoms with Crippen LogP contribution in [0, 0.1) is 0 Å². The number of nitrogens with zero attached hydrogens (tertiary/aromatic N) is 3. The second-order valence-electron chi connectivity index (χ2n) is 4.77. The Balaban J connectivity index is 2.22. The van der Waals surface area contributed by atoms with Gasteiger partial charge < -0.3 is 10.6 Å². The average Bonchev–Trinajstić information content (AvgIpc) is 2.87. The fourth-order valence-corrected chi connectivity index (χ4v) is 2.17. The number of hydrogen-bond acceptors (Lipinski definition) is 2. The van der Waals surface area contributed by atoms with Gasteiger partial charge in [-0.2, -0.15) is 5.10 Å². The molecule has 0 amide bonds. The van der Waals surface area contributed by atoms with Gasteiger partial charge in [0.15, 0.2) is 5.96 Å². The predicted molar refractivity (Wildman–Crippen MR) is 87.1 cm³/mol. The Hall–Kier alpha value is -2.30. The third-order valence-electron chi connectivity index (χ3n) is 3.05. The van der Waals surface area contributed by atoms with Crippen LogP contribution in [0.5, 0.6) is 0 Å². The van der Waals surface area contributed by atoms with Gasteiger partial charge >= 0.3 is 0 Å². The van der Waals surface area contributed by atoms with Gasteiger partial charge in [-0.05, 0) is 13.8 Å². The fourth-order valence-electron chi connectivity index (χ4n) is 2.17. The highest BCUT2D eigenvalue weighted by Crippen LogP contribution is 2.22. The predicted octanol–water partition coefficient (Wildman–Crippen LogP) is 2.16. The quantitative estimate of drug-likeness (QED) is 0.654. The van der Waals surface area contributed by atoms with E-state index in [1.54, 1.807) is 0 Å². The molecule has 112 valence electrons. The largest absolute Gasteiger partial charge is 0.357 e. The molecular weight excluding hydrogens is 262 g/mol. The lowest BCUT2D eigenvalue weighted by atomic mass is 10.1. The van der Waals surface area contributed by atoms with Crippen molar-refractivity contribution < 1.29 is 0 Å². The van der Waals surface area contributed by atoms with Crippen molar-refractivity contribution in [1.82, 2.24) is 20.4 Å². The van der Waals surface area contributed by atoms with Crippen LogP contribution in [0.1, 0.15) is 19.4 Å². The molecule has 0 fully saturated rings. The number of nitrogens with one attached hydrogen (secondary N) is 2. The Kier molecular flexibility index (Phi) is 5.37. The van der Waals surface area contributed by atoms with E-state index in [-0.39, 0.29) is 0 Å². The first-order valence-corrected chi connectivity index (χ1v) is 7.34. The van der Waals surface area contributed by atoms with Gasteiger partial charge in [-0.3, -0.25) is 4.68 Å². The standard InChI is InChI=1S/C16H23N5/c1-4-17-16(18-5-2)19-11-14-12-21(3)20-15(14)13-9-7-6-8-10-13/h6-10,12H,4-5,11H2,1-3H3,(H2,17,18,19). The molecule has 1 heterocycles. The third kappa shape index (κ3) is 4.08. The van der Waals surface area contributed by atoms with E-state index in [1.165, 1.54) is 0 Å². The maximum atomic E-state index is 4.61. The highest BCUT2D eigenvalue weighted by atomic mass is 15.3. The van der Waals surface area contributed by atoms with Gasteiger partial charge in [0, 0.05) is 37.5 Å². The van der Waals surface area contributed by atoms with Crippen molar-refractivity contribution in [3.63, 3.8) is 0 Å². The van der Waals surface area contributed by atoms with E-state index in [0.717, 1.165) is 35.9 Å². The van der Waals surface area contributed by atoms with Gasteiger partial charge in [0.05, 0.1) is 12.2 Å². The van der Waals surface area contributed by atoms with Crippen molar-refractivity contribution >= 4 is 5.96 Å². The number of aliphatic imine (C=N–C) groups is 1. The topological polar surface area (TPSA) is 54.2 Å². The van der Waals surface area contributed by atoms with E-state index in [4.69, 9.17) is 0 Å². The molecule has 2 aromatic rings. The van der Waals surface area contributed by atoms with Gasteiger partial charge in [-0.1, -0.05) is 30.3 Å². The summed E-state index contributed by atoms with van der Waals surface area (Å²) in [4.78, 5) is 4.61. The van der Waals surface area contributed by atoms with Crippen LogP contribution in [0.25, 0.3) is 11.3 Å². The molecule has 0 aliphatic carbocycles. The van der Waals surface area contributed by atoms with E-state index >= 15 is 0 Å². The van der Waals surface area contributed by atoms with Crippen LogP contribution in [-0.2, 0) is 13.6 Å². The zero-order chi connectivity index (χ0) is 15.1. The van der Waals surface area contributed by atoms with Crippen LogP contribution in [-0.4, -0.2) is 28.8 Å². The molecule has 0 radical (unpaired) electrons. The number of hydrogen-bond donors (Lipinski definition) is 2. The molecule has 2 rings (SSSR count). The highest BCUT2D eigenvalue weighted by molar-refractivity contribution is 5.79. The van der Waals surface area contributed by atoms with Crippen molar-refractivity contribution in [2.75, 3.05) is 13.1 Å². The average molecular weight is 285 g/mol. The molecule has 0 spiro atoms. The molecule has 0 atom stereocenters. The Morgan fingerprint density at radius 2 is 1.81 bits per heavy atom. The monoisotopic (exact) mass is 285 g/mol. The lowest BCUT2D eigenvalue weighted by molar-refractivity contribution is 0.769. The van der Waals surface area contributed by atoms with Gasteiger partial charge in [-0.15, -0.1) is 0 Å². The smallest absolute Gasteiger partial charge is 0.191 e. The minimum Gasteiger partial charge on any atom is -0.357 e. The number of benzene rings is 1. The zero-order valence-electron chi connectivity index (χ0n) is 12.9. The van der Waals surface area contributed by atoms with Crippen LogP contribution in [0.4, 0.5) is 0 Å². The fraction of sp³-hybridized carbons (Fsp3) is 0.375. The SMILES string of the molecule is CCNC(=NCc1cn(C)nc1-c1ccccc1)NCC. The zero-order valence-corrected chi connectivity index (χ0v) is 12.9. The van der Waals surface area contributed by atoms with Gasteiger partial charge in [0.1, 0.15) is 0 Å². The molecular formula is C16H23N5. The van der Waals surface area contributed by atoms with Crippen LogP contribution in [0.15, 0.2) is 41.5 Å². The summed E-state index contributed by atoms with van der Waals surface area (Å²) >= 11 is 0. The number of aromatic nitrogens is 2. The second-order valence-corrected chi connectivity index (χ2v) is 4.77.